The summed E-state index contributed by atoms with van der Waals surface area (Å²) >= 11 is 0. The van der Waals surface area contributed by atoms with Gasteiger partial charge in [-0.25, -0.2) is 10.0 Å². The topological polar surface area (TPSA) is 35.6 Å². The third kappa shape index (κ3) is 5.47. The van der Waals surface area contributed by atoms with Gasteiger partial charge >= 0.3 is 0 Å². The Kier molecular flexibility index (Phi) is 8.01. The van der Waals surface area contributed by atoms with E-state index in [1.807, 2.05) is 44.1 Å². The summed E-state index contributed by atoms with van der Waals surface area (Å²) in [5.74, 6) is 0.0256. The molecule has 4 nitrogen and oxygen atoms in total. The van der Waals surface area contributed by atoms with Gasteiger partial charge in [0.25, 0.3) is 5.91 Å². The second kappa shape index (κ2) is 8.73. The van der Waals surface area contributed by atoms with Crippen molar-refractivity contribution in [1.82, 2.24) is 15.3 Å². The molecule has 0 aromatic heterocycles. The van der Waals surface area contributed by atoms with Gasteiger partial charge in [0, 0.05) is 19.3 Å². The number of allylic oxidation sites excluding steroid dienone is 5. The Morgan fingerprint density at radius 2 is 2.06 bits per heavy atom. The molecule has 0 saturated carbocycles. The second-order valence-electron chi connectivity index (χ2n) is 3.64. The Morgan fingerprint density at radius 1 is 1.41 bits per heavy atom. The van der Waals surface area contributed by atoms with Crippen molar-refractivity contribution in [2.75, 3.05) is 27.2 Å². The predicted octanol–water partition coefficient (Wildman–Crippen LogP) is 1.55. The van der Waals surface area contributed by atoms with E-state index in [2.05, 4.69) is 11.9 Å². The molecule has 0 atom stereocenters. The van der Waals surface area contributed by atoms with Crippen molar-refractivity contribution < 1.29 is 4.79 Å². The zero-order valence-electron chi connectivity index (χ0n) is 11.2. The predicted molar refractivity (Wildman–Crippen MR) is 72.2 cm³/mol. The number of nitrogens with zero attached hydrogens (tertiary/aromatic N) is 2. The van der Waals surface area contributed by atoms with Crippen LogP contribution in [0, 0.1) is 0 Å². The van der Waals surface area contributed by atoms with Crippen LogP contribution in [0.25, 0.3) is 0 Å². The van der Waals surface area contributed by atoms with Crippen molar-refractivity contribution >= 4 is 5.91 Å². The maximum Gasteiger partial charge on any atom is 0.255 e. The highest BCUT2D eigenvalue weighted by Crippen LogP contribution is 2.07. The standard InChI is InChI=1S/C13H23N3O/c1-6-8-9-10-12(3)16(15(5)7-2)13(17)11-14-4/h6,8-10,14H,1,7,11H2,2-5H3/b9-8-,12-10+. The number of carbonyl (C=O) groups excluding carboxylic acids is 1. The Morgan fingerprint density at radius 3 is 2.53 bits per heavy atom. The van der Waals surface area contributed by atoms with Crippen molar-refractivity contribution in [1.29, 1.82) is 0 Å². The normalized spacial score (nSPS) is 12.2. The van der Waals surface area contributed by atoms with E-state index in [1.54, 1.807) is 18.1 Å². The molecule has 0 unspecified atom stereocenters. The minimum Gasteiger partial charge on any atom is -0.311 e. The number of nitrogens with one attached hydrogen (secondary N) is 1. The first-order chi connectivity index (χ1) is 8.08. The van der Waals surface area contributed by atoms with Gasteiger partial charge in [-0.2, -0.15) is 0 Å². The zero-order chi connectivity index (χ0) is 13.3. The van der Waals surface area contributed by atoms with E-state index in [9.17, 15) is 4.79 Å². The highest BCUT2D eigenvalue weighted by Gasteiger charge is 2.17. The number of hydrazine groups is 1. The largest absolute Gasteiger partial charge is 0.311 e. The minimum absolute atomic E-state index is 0.0256. The summed E-state index contributed by atoms with van der Waals surface area (Å²) in [6, 6.07) is 0. The fourth-order valence-electron chi connectivity index (χ4n) is 1.37. The third-order valence-electron chi connectivity index (χ3n) is 2.28. The van der Waals surface area contributed by atoms with Crippen LogP contribution < -0.4 is 5.32 Å². The number of amides is 1. The Hall–Kier alpha value is -1.39. The first-order valence-electron chi connectivity index (χ1n) is 5.73. The van der Waals surface area contributed by atoms with E-state index < -0.39 is 0 Å². The summed E-state index contributed by atoms with van der Waals surface area (Å²) in [5.41, 5.74) is 0.882. The van der Waals surface area contributed by atoms with E-state index in [1.165, 1.54) is 0 Å². The quantitative estimate of drug-likeness (QED) is 0.539. The number of rotatable bonds is 7. The van der Waals surface area contributed by atoms with Crippen molar-refractivity contribution in [3.8, 4) is 0 Å². The Labute approximate surface area is 104 Å². The summed E-state index contributed by atoms with van der Waals surface area (Å²) in [5, 5.41) is 6.42. The van der Waals surface area contributed by atoms with E-state index >= 15 is 0 Å². The van der Waals surface area contributed by atoms with Crippen LogP contribution in [0.4, 0.5) is 0 Å². The lowest BCUT2D eigenvalue weighted by Gasteiger charge is -2.31. The molecule has 17 heavy (non-hydrogen) atoms. The summed E-state index contributed by atoms with van der Waals surface area (Å²) in [7, 11) is 3.65. The molecule has 0 aromatic rings. The first-order valence-corrected chi connectivity index (χ1v) is 5.73. The van der Waals surface area contributed by atoms with Gasteiger partial charge in [-0.3, -0.25) is 4.79 Å². The maximum absolute atomic E-state index is 12.0. The molecule has 0 aliphatic carbocycles. The van der Waals surface area contributed by atoms with Crippen molar-refractivity contribution in [2.45, 2.75) is 13.8 Å². The molecule has 0 spiro atoms. The number of hydrogen-bond donors (Lipinski definition) is 1. The molecule has 4 heteroatoms. The van der Waals surface area contributed by atoms with Crippen LogP contribution in [0.3, 0.4) is 0 Å². The molecule has 0 aliphatic heterocycles. The summed E-state index contributed by atoms with van der Waals surface area (Å²) in [4.78, 5) is 12.0. The smallest absolute Gasteiger partial charge is 0.255 e. The van der Waals surface area contributed by atoms with Crippen molar-refractivity contribution in [3.63, 3.8) is 0 Å². The molecule has 0 aliphatic rings. The first kappa shape index (κ1) is 15.6. The summed E-state index contributed by atoms with van der Waals surface area (Å²) in [6.45, 7) is 8.61. The molecule has 0 rings (SSSR count). The lowest BCUT2D eigenvalue weighted by atomic mass is 10.3. The van der Waals surface area contributed by atoms with Gasteiger partial charge < -0.3 is 5.32 Å². The molecular weight excluding hydrogens is 214 g/mol. The Balaban J connectivity index is 4.90. The molecule has 0 heterocycles. The number of carbonyl (C=O) groups is 1. The molecule has 0 aromatic carbocycles. The molecule has 96 valence electrons. The summed E-state index contributed by atoms with van der Waals surface area (Å²) < 4.78 is 0. The third-order valence-corrected chi connectivity index (χ3v) is 2.28. The van der Waals surface area contributed by atoms with E-state index in [-0.39, 0.29) is 5.91 Å². The van der Waals surface area contributed by atoms with E-state index in [0.717, 1.165) is 12.2 Å². The van der Waals surface area contributed by atoms with Crippen molar-refractivity contribution in [2.24, 2.45) is 0 Å². The molecule has 0 fully saturated rings. The number of hydrogen-bond acceptors (Lipinski definition) is 3. The fourth-order valence-corrected chi connectivity index (χ4v) is 1.37. The van der Waals surface area contributed by atoms with E-state index in [0.29, 0.717) is 6.54 Å². The van der Waals surface area contributed by atoms with Crippen LogP contribution in [0.2, 0.25) is 0 Å². The molecule has 0 bridgehead atoms. The highest BCUT2D eigenvalue weighted by atomic mass is 16.2. The van der Waals surface area contributed by atoms with Crippen LogP contribution in [-0.2, 0) is 4.79 Å². The molecule has 1 N–H and O–H groups in total. The van der Waals surface area contributed by atoms with Gasteiger partial charge in [0.05, 0.1) is 6.54 Å². The van der Waals surface area contributed by atoms with Gasteiger partial charge in [-0.1, -0.05) is 31.7 Å². The number of likely N-dealkylation sites (N-methyl/N-ethyl adjacent to an activating group) is 1. The van der Waals surface area contributed by atoms with Crippen LogP contribution in [0.5, 0.6) is 0 Å². The van der Waals surface area contributed by atoms with Gasteiger partial charge in [-0.15, -0.1) is 0 Å². The molecular formula is C13H23N3O. The molecule has 1 amide bonds. The van der Waals surface area contributed by atoms with Crippen LogP contribution in [0.1, 0.15) is 13.8 Å². The van der Waals surface area contributed by atoms with Gasteiger partial charge in [0.1, 0.15) is 0 Å². The summed E-state index contributed by atoms with van der Waals surface area (Å²) in [6.07, 6.45) is 7.29. The zero-order valence-corrected chi connectivity index (χ0v) is 11.2. The van der Waals surface area contributed by atoms with Crippen LogP contribution in [-0.4, -0.2) is 43.1 Å². The van der Waals surface area contributed by atoms with Crippen LogP contribution >= 0.6 is 0 Å². The van der Waals surface area contributed by atoms with Gasteiger partial charge in [0.15, 0.2) is 0 Å². The average Bonchev–Trinajstić information content (AvgIpc) is 2.29. The van der Waals surface area contributed by atoms with E-state index in [4.69, 9.17) is 0 Å². The lowest BCUT2D eigenvalue weighted by molar-refractivity contribution is -0.140. The second-order valence-corrected chi connectivity index (χ2v) is 3.64. The van der Waals surface area contributed by atoms with Crippen LogP contribution in [0.15, 0.2) is 36.6 Å². The minimum atomic E-state index is 0.0256. The van der Waals surface area contributed by atoms with Gasteiger partial charge in [-0.05, 0) is 20.0 Å². The monoisotopic (exact) mass is 237 g/mol. The Bertz CT molecular complexity index is 308. The van der Waals surface area contributed by atoms with Crippen molar-refractivity contribution in [3.05, 3.63) is 36.6 Å². The fraction of sp³-hybridized carbons (Fsp3) is 0.462. The SMILES string of the molecule is C=C/C=C\C=C(/C)N(C(=O)CNC)N(C)CC. The molecule has 0 radical (unpaired) electrons. The molecule has 0 saturated heterocycles. The maximum atomic E-state index is 12.0. The van der Waals surface area contributed by atoms with Gasteiger partial charge in [0.2, 0.25) is 0 Å². The lowest BCUT2D eigenvalue weighted by Crippen LogP contribution is -2.46. The average molecular weight is 237 g/mol. The highest BCUT2D eigenvalue weighted by molar-refractivity contribution is 5.79.